The Hall–Kier alpha value is -0.780. The van der Waals surface area contributed by atoms with Crippen LogP contribution in [0.25, 0.3) is 0 Å². The minimum absolute atomic E-state index is 0.939. The van der Waals surface area contributed by atoms with Crippen molar-refractivity contribution in [2.75, 3.05) is 0 Å². The molecule has 16 heavy (non-hydrogen) atoms. The molecule has 1 aliphatic carbocycles. The Kier molecular flexibility index (Phi) is 5.59. The molecule has 0 bridgehead atoms. The second kappa shape index (κ2) is 6.73. The third-order valence-corrected chi connectivity index (χ3v) is 3.78. The highest BCUT2D eigenvalue weighted by atomic mass is 14.3. The van der Waals surface area contributed by atoms with Crippen molar-refractivity contribution >= 4 is 0 Å². The first kappa shape index (κ1) is 13.3. The van der Waals surface area contributed by atoms with Gasteiger partial charge in [-0.1, -0.05) is 57.9 Å². The number of benzene rings is 1. The van der Waals surface area contributed by atoms with Crippen LogP contribution in [0.2, 0.25) is 0 Å². The molecule has 2 atom stereocenters. The van der Waals surface area contributed by atoms with Gasteiger partial charge < -0.3 is 0 Å². The standard InChI is InChI=1S/C14H20.C2H6/c1-11-6-3-4-8-13(11)10-14-9-5-7-12(14)2;1-2/h3-4,6,8,12,14H,5,7,9-10H2,1-2H3;1-2H3. The SMILES string of the molecule is CC.Cc1ccccc1CC1CCCC1C. The van der Waals surface area contributed by atoms with E-state index in [0.717, 1.165) is 11.8 Å². The van der Waals surface area contributed by atoms with E-state index in [2.05, 4.69) is 38.1 Å². The summed E-state index contributed by atoms with van der Waals surface area (Å²) in [7, 11) is 0. The summed E-state index contributed by atoms with van der Waals surface area (Å²) < 4.78 is 0. The first-order valence-corrected chi connectivity index (χ1v) is 6.82. The molecule has 0 spiro atoms. The molecule has 1 saturated carbocycles. The predicted molar refractivity (Wildman–Crippen MR) is 72.7 cm³/mol. The summed E-state index contributed by atoms with van der Waals surface area (Å²) in [4.78, 5) is 0. The molecule has 2 rings (SSSR count). The van der Waals surface area contributed by atoms with Crippen LogP contribution in [0.15, 0.2) is 24.3 Å². The van der Waals surface area contributed by atoms with Crippen LogP contribution in [0, 0.1) is 18.8 Å². The summed E-state index contributed by atoms with van der Waals surface area (Å²) >= 11 is 0. The molecule has 1 aromatic rings. The summed E-state index contributed by atoms with van der Waals surface area (Å²) in [5.74, 6) is 1.88. The monoisotopic (exact) mass is 218 g/mol. The Balaban J connectivity index is 0.000000606. The number of hydrogen-bond donors (Lipinski definition) is 0. The van der Waals surface area contributed by atoms with E-state index in [0.29, 0.717) is 0 Å². The van der Waals surface area contributed by atoms with Crippen LogP contribution in [-0.4, -0.2) is 0 Å². The zero-order valence-corrected chi connectivity index (χ0v) is 11.3. The van der Waals surface area contributed by atoms with Crippen molar-refractivity contribution in [1.29, 1.82) is 0 Å². The maximum absolute atomic E-state index is 2.41. The van der Waals surface area contributed by atoms with Gasteiger partial charge in [0.2, 0.25) is 0 Å². The summed E-state index contributed by atoms with van der Waals surface area (Å²) in [6.45, 7) is 8.64. The van der Waals surface area contributed by atoms with Gasteiger partial charge in [-0.2, -0.15) is 0 Å². The third kappa shape index (κ3) is 3.37. The fraction of sp³-hybridized carbons (Fsp3) is 0.625. The van der Waals surface area contributed by atoms with Gasteiger partial charge in [0.25, 0.3) is 0 Å². The first-order chi connectivity index (χ1) is 7.77. The van der Waals surface area contributed by atoms with Crippen LogP contribution in [0.5, 0.6) is 0 Å². The quantitative estimate of drug-likeness (QED) is 0.655. The minimum Gasteiger partial charge on any atom is -0.0683 e. The topological polar surface area (TPSA) is 0 Å². The molecule has 1 aliphatic rings. The lowest BCUT2D eigenvalue weighted by molar-refractivity contribution is 0.416. The molecule has 0 saturated heterocycles. The summed E-state index contributed by atoms with van der Waals surface area (Å²) in [5.41, 5.74) is 3.03. The van der Waals surface area contributed by atoms with Crippen LogP contribution >= 0.6 is 0 Å². The largest absolute Gasteiger partial charge is 0.0683 e. The Labute approximate surface area is 101 Å². The molecule has 1 aromatic carbocycles. The van der Waals surface area contributed by atoms with Crippen LogP contribution in [0.1, 0.15) is 51.2 Å². The molecule has 1 fully saturated rings. The lowest BCUT2D eigenvalue weighted by atomic mass is 9.89. The molecule has 0 N–H and O–H groups in total. The number of hydrogen-bond acceptors (Lipinski definition) is 0. The van der Waals surface area contributed by atoms with Gasteiger partial charge in [-0.15, -0.1) is 0 Å². The van der Waals surface area contributed by atoms with Crippen molar-refractivity contribution in [1.82, 2.24) is 0 Å². The molecule has 0 heterocycles. The van der Waals surface area contributed by atoms with Crippen LogP contribution in [-0.2, 0) is 6.42 Å². The average molecular weight is 218 g/mol. The van der Waals surface area contributed by atoms with E-state index < -0.39 is 0 Å². The first-order valence-electron chi connectivity index (χ1n) is 6.82. The molecule has 0 radical (unpaired) electrons. The summed E-state index contributed by atoms with van der Waals surface area (Å²) in [5, 5.41) is 0. The summed E-state index contributed by atoms with van der Waals surface area (Å²) in [6.07, 6.45) is 5.62. The van der Waals surface area contributed by atoms with Gasteiger partial charge >= 0.3 is 0 Å². The highest BCUT2D eigenvalue weighted by molar-refractivity contribution is 5.26. The molecule has 0 aliphatic heterocycles. The van der Waals surface area contributed by atoms with Gasteiger partial charge in [0.05, 0.1) is 0 Å². The Morgan fingerprint density at radius 1 is 1.12 bits per heavy atom. The second-order valence-corrected chi connectivity index (χ2v) is 4.80. The van der Waals surface area contributed by atoms with E-state index in [4.69, 9.17) is 0 Å². The predicted octanol–water partition coefficient (Wildman–Crippen LogP) is 5.00. The second-order valence-electron chi connectivity index (χ2n) is 4.80. The molecule has 90 valence electrons. The molecule has 2 unspecified atom stereocenters. The molecule has 0 amide bonds. The fourth-order valence-corrected chi connectivity index (χ4v) is 2.65. The van der Waals surface area contributed by atoms with E-state index >= 15 is 0 Å². The molecule has 0 heteroatoms. The molecule has 0 nitrogen and oxygen atoms in total. The highest BCUT2D eigenvalue weighted by Crippen LogP contribution is 2.34. The van der Waals surface area contributed by atoms with Gasteiger partial charge in [-0.3, -0.25) is 0 Å². The third-order valence-electron chi connectivity index (χ3n) is 3.78. The van der Waals surface area contributed by atoms with Crippen molar-refractivity contribution in [3.8, 4) is 0 Å². The fourth-order valence-electron chi connectivity index (χ4n) is 2.65. The van der Waals surface area contributed by atoms with Gasteiger partial charge in [0.15, 0.2) is 0 Å². The van der Waals surface area contributed by atoms with Crippen LogP contribution in [0.4, 0.5) is 0 Å². The van der Waals surface area contributed by atoms with Crippen molar-refractivity contribution in [2.24, 2.45) is 11.8 Å². The van der Waals surface area contributed by atoms with E-state index in [1.807, 2.05) is 13.8 Å². The zero-order valence-electron chi connectivity index (χ0n) is 11.3. The number of aryl methyl sites for hydroxylation is 1. The van der Waals surface area contributed by atoms with E-state index in [9.17, 15) is 0 Å². The van der Waals surface area contributed by atoms with Crippen molar-refractivity contribution < 1.29 is 0 Å². The van der Waals surface area contributed by atoms with Crippen molar-refractivity contribution in [3.05, 3.63) is 35.4 Å². The zero-order chi connectivity index (χ0) is 12.0. The van der Waals surface area contributed by atoms with Gasteiger partial charge in [-0.05, 0) is 42.7 Å². The van der Waals surface area contributed by atoms with Gasteiger partial charge in [0.1, 0.15) is 0 Å². The Bertz CT molecular complexity index is 301. The van der Waals surface area contributed by atoms with Crippen molar-refractivity contribution in [2.45, 2.75) is 53.4 Å². The normalized spacial score (nSPS) is 23.8. The lowest BCUT2D eigenvalue weighted by Crippen LogP contribution is -2.08. The number of rotatable bonds is 2. The Morgan fingerprint density at radius 2 is 1.81 bits per heavy atom. The molecular formula is C16H26. The smallest absolute Gasteiger partial charge is 0.0245 e. The van der Waals surface area contributed by atoms with Crippen LogP contribution in [0.3, 0.4) is 0 Å². The summed E-state index contributed by atoms with van der Waals surface area (Å²) in [6, 6.07) is 8.83. The Morgan fingerprint density at radius 3 is 2.38 bits per heavy atom. The van der Waals surface area contributed by atoms with E-state index in [1.54, 1.807) is 5.56 Å². The average Bonchev–Trinajstić information content (AvgIpc) is 2.71. The van der Waals surface area contributed by atoms with E-state index in [1.165, 1.54) is 31.2 Å². The highest BCUT2D eigenvalue weighted by Gasteiger charge is 2.23. The van der Waals surface area contributed by atoms with Crippen LogP contribution < -0.4 is 0 Å². The van der Waals surface area contributed by atoms with Crippen molar-refractivity contribution in [3.63, 3.8) is 0 Å². The minimum atomic E-state index is 0.939. The van der Waals surface area contributed by atoms with Gasteiger partial charge in [-0.25, -0.2) is 0 Å². The lowest BCUT2D eigenvalue weighted by Gasteiger charge is -2.16. The maximum atomic E-state index is 2.41. The van der Waals surface area contributed by atoms with E-state index in [-0.39, 0.29) is 0 Å². The van der Waals surface area contributed by atoms with Gasteiger partial charge in [0, 0.05) is 0 Å². The molecular weight excluding hydrogens is 192 g/mol. The molecule has 0 aromatic heterocycles. The maximum Gasteiger partial charge on any atom is -0.0245 e.